The lowest BCUT2D eigenvalue weighted by atomic mass is 10.3. The standard InChI is InChI=1S/C13H11BrN4O/c1-19-12-10-6-7-18(11(10)16-13(15)17-12)9-4-2-8(14)3-5-9/h2-7H,1H3,(H2,15,16,17). The minimum atomic E-state index is 0.196. The van der Waals surface area contributed by atoms with Crippen LogP contribution in [0.3, 0.4) is 0 Å². The number of fused-ring (bicyclic) bond motifs is 1. The minimum Gasteiger partial charge on any atom is -0.480 e. The maximum atomic E-state index is 5.71. The second kappa shape index (κ2) is 4.55. The van der Waals surface area contributed by atoms with E-state index in [1.807, 2.05) is 41.1 Å². The lowest BCUT2D eigenvalue weighted by molar-refractivity contribution is 0.403. The van der Waals surface area contributed by atoms with Gasteiger partial charge in [-0.05, 0) is 30.3 Å². The van der Waals surface area contributed by atoms with Crippen LogP contribution in [-0.4, -0.2) is 21.6 Å². The second-order valence-electron chi connectivity index (χ2n) is 3.99. The van der Waals surface area contributed by atoms with Gasteiger partial charge in [-0.1, -0.05) is 15.9 Å². The van der Waals surface area contributed by atoms with Gasteiger partial charge in [-0.3, -0.25) is 0 Å². The number of nitrogen functional groups attached to an aromatic ring is 1. The summed E-state index contributed by atoms with van der Waals surface area (Å²) in [5.74, 6) is 0.680. The number of halogens is 1. The Morgan fingerprint density at radius 1 is 1.16 bits per heavy atom. The van der Waals surface area contributed by atoms with Crippen LogP contribution in [0.5, 0.6) is 5.88 Å². The molecular formula is C13H11BrN4O. The first-order valence-corrected chi connectivity index (χ1v) is 6.43. The third-order valence-corrected chi connectivity index (χ3v) is 3.35. The molecule has 0 amide bonds. The molecule has 0 aliphatic rings. The third kappa shape index (κ3) is 2.04. The van der Waals surface area contributed by atoms with Crippen molar-refractivity contribution < 1.29 is 4.74 Å². The summed E-state index contributed by atoms with van der Waals surface area (Å²) in [6.45, 7) is 0. The number of nitrogens with two attached hydrogens (primary N) is 1. The molecule has 0 bridgehead atoms. The fourth-order valence-corrected chi connectivity index (χ4v) is 2.23. The van der Waals surface area contributed by atoms with Crippen LogP contribution >= 0.6 is 15.9 Å². The molecule has 3 aromatic rings. The van der Waals surface area contributed by atoms with Crippen LogP contribution in [0.4, 0.5) is 5.95 Å². The summed E-state index contributed by atoms with van der Waals surface area (Å²) in [6.07, 6.45) is 1.92. The Balaban J connectivity index is 2.25. The molecule has 19 heavy (non-hydrogen) atoms. The van der Waals surface area contributed by atoms with Gasteiger partial charge < -0.3 is 15.0 Å². The molecule has 2 N–H and O–H groups in total. The van der Waals surface area contributed by atoms with E-state index in [1.54, 1.807) is 7.11 Å². The van der Waals surface area contributed by atoms with E-state index in [2.05, 4.69) is 25.9 Å². The highest BCUT2D eigenvalue weighted by Crippen LogP contribution is 2.26. The molecule has 96 valence electrons. The van der Waals surface area contributed by atoms with Crippen LogP contribution in [0, 0.1) is 0 Å². The van der Waals surface area contributed by atoms with Crippen molar-refractivity contribution in [3.8, 4) is 11.6 Å². The Bertz CT molecular complexity index is 736. The summed E-state index contributed by atoms with van der Waals surface area (Å²) in [5.41, 5.74) is 7.43. The lowest BCUT2D eigenvalue weighted by Gasteiger charge is -2.06. The molecular weight excluding hydrogens is 308 g/mol. The molecule has 0 unspecified atom stereocenters. The number of aromatic nitrogens is 3. The molecule has 5 nitrogen and oxygen atoms in total. The van der Waals surface area contributed by atoms with Crippen molar-refractivity contribution in [3.05, 3.63) is 41.0 Å². The summed E-state index contributed by atoms with van der Waals surface area (Å²) in [7, 11) is 1.57. The van der Waals surface area contributed by atoms with Crippen molar-refractivity contribution in [2.45, 2.75) is 0 Å². The second-order valence-corrected chi connectivity index (χ2v) is 4.91. The fourth-order valence-electron chi connectivity index (χ4n) is 1.97. The maximum Gasteiger partial charge on any atom is 0.227 e. The molecule has 0 aliphatic heterocycles. The van der Waals surface area contributed by atoms with Gasteiger partial charge in [0.05, 0.1) is 12.5 Å². The number of methoxy groups -OCH3 is 1. The van der Waals surface area contributed by atoms with E-state index in [4.69, 9.17) is 10.5 Å². The Morgan fingerprint density at radius 3 is 2.58 bits per heavy atom. The van der Waals surface area contributed by atoms with Crippen molar-refractivity contribution in [2.24, 2.45) is 0 Å². The average molecular weight is 319 g/mol. The molecule has 0 spiro atoms. The summed E-state index contributed by atoms with van der Waals surface area (Å²) in [4.78, 5) is 8.35. The van der Waals surface area contributed by atoms with E-state index in [1.165, 1.54) is 0 Å². The van der Waals surface area contributed by atoms with Gasteiger partial charge in [0.1, 0.15) is 0 Å². The highest BCUT2D eigenvalue weighted by Gasteiger charge is 2.11. The topological polar surface area (TPSA) is 66.0 Å². The minimum absolute atomic E-state index is 0.196. The highest BCUT2D eigenvalue weighted by atomic mass is 79.9. The maximum absolute atomic E-state index is 5.71. The number of ether oxygens (including phenoxy) is 1. The van der Waals surface area contributed by atoms with Crippen LogP contribution in [0.25, 0.3) is 16.7 Å². The van der Waals surface area contributed by atoms with Crippen molar-refractivity contribution >= 4 is 32.9 Å². The predicted molar refractivity (Wildman–Crippen MR) is 77.5 cm³/mol. The molecule has 0 radical (unpaired) electrons. The summed E-state index contributed by atoms with van der Waals surface area (Å²) in [6, 6.07) is 9.85. The van der Waals surface area contributed by atoms with Crippen LogP contribution in [0.2, 0.25) is 0 Å². The van der Waals surface area contributed by atoms with Gasteiger partial charge in [0.25, 0.3) is 0 Å². The summed E-state index contributed by atoms with van der Waals surface area (Å²) < 4.78 is 8.20. The molecule has 0 saturated carbocycles. The summed E-state index contributed by atoms with van der Waals surface area (Å²) in [5, 5.41) is 0.833. The number of benzene rings is 1. The number of nitrogens with zero attached hydrogens (tertiary/aromatic N) is 3. The third-order valence-electron chi connectivity index (χ3n) is 2.82. The van der Waals surface area contributed by atoms with E-state index in [0.29, 0.717) is 5.88 Å². The van der Waals surface area contributed by atoms with Gasteiger partial charge in [0.2, 0.25) is 11.8 Å². The lowest BCUT2D eigenvalue weighted by Crippen LogP contribution is -2.01. The van der Waals surface area contributed by atoms with Crippen molar-refractivity contribution in [2.75, 3.05) is 12.8 Å². The molecule has 0 saturated heterocycles. The van der Waals surface area contributed by atoms with E-state index < -0.39 is 0 Å². The first kappa shape index (κ1) is 12.0. The predicted octanol–water partition coefficient (Wildman–Crippen LogP) is 2.77. The van der Waals surface area contributed by atoms with Crippen LogP contribution in [0.15, 0.2) is 41.0 Å². The van der Waals surface area contributed by atoms with Gasteiger partial charge in [0.15, 0.2) is 5.65 Å². The molecule has 0 aliphatic carbocycles. The molecule has 2 heterocycles. The molecule has 0 atom stereocenters. The Hall–Kier alpha value is -2.08. The number of hydrogen-bond acceptors (Lipinski definition) is 4. The van der Waals surface area contributed by atoms with Gasteiger partial charge in [-0.2, -0.15) is 9.97 Å². The Kier molecular flexibility index (Phi) is 2.87. The van der Waals surface area contributed by atoms with Crippen LogP contribution in [0.1, 0.15) is 0 Å². The monoisotopic (exact) mass is 318 g/mol. The zero-order valence-corrected chi connectivity index (χ0v) is 11.8. The number of rotatable bonds is 2. The molecule has 6 heteroatoms. The van der Waals surface area contributed by atoms with E-state index in [9.17, 15) is 0 Å². The zero-order chi connectivity index (χ0) is 13.4. The highest BCUT2D eigenvalue weighted by molar-refractivity contribution is 9.10. The van der Waals surface area contributed by atoms with Crippen molar-refractivity contribution in [1.29, 1.82) is 0 Å². The van der Waals surface area contributed by atoms with E-state index >= 15 is 0 Å². The average Bonchev–Trinajstić information content (AvgIpc) is 2.82. The fraction of sp³-hybridized carbons (Fsp3) is 0.0769. The molecule has 0 fully saturated rings. The van der Waals surface area contributed by atoms with E-state index in [-0.39, 0.29) is 5.95 Å². The summed E-state index contributed by atoms with van der Waals surface area (Å²) >= 11 is 3.42. The SMILES string of the molecule is COc1nc(N)nc2c1ccn2-c1ccc(Br)cc1. The number of hydrogen-bond donors (Lipinski definition) is 1. The normalized spacial score (nSPS) is 10.8. The first-order chi connectivity index (χ1) is 9.19. The zero-order valence-electron chi connectivity index (χ0n) is 10.2. The molecule has 2 aromatic heterocycles. The van der Waals surface area contributed by atoms with Gasteiger partial charge in [0, 0.05) is 16.4 Å². The molecule has 1 aromatic carbocycles. The Morgan fingerprint density at radius 2 is 1.89 bits per heavy atom. The number of anilines is 1. The van der Waals surface area contributed by atoms with Crippen LogP contribution < -0.4 is 10.5 Å². The van der Waals surface area contributed by atoms with Gasteiger partial charge in [-0.15, -0.1) is 0 Å². The molecule has 3 rings (SSSR count). The van der Waals surface area contributed by atoms with Gasteiger partial charge >= 0.3 is 0 Å². The van der Waals surface area contributed by atoms with Crippen molar-refractivity contribution in [1.82, 2.24) is 14.5 Å². The Labute approximate surface area is 118 Å². The van der Waals surface area contributed by atoms with Gasteiger partial charge in [-0.25, -0.2) is 0 Å². The smallest absolute Gasteiger partial charge is 0.227 e. The van der Waals surface area contributed by atoms with Crippen molar-refractivity contribution in [3.63, 3.8) is 0 Å². The van der Waals surface area contributed by atoms with Crippen LogP contribution in [-0.2, 0) is 0 Å². The largest absolute Gasteiger partial charge is 0.480 e. The quantitative estimate of drug-likeness (QED) is 0.789. The van der Waals surface area contributed by atoms with E-state index in [0.717, 1.165) is 21.2 Å². The first-order valence-electron chi connectivity index (χ1n) is 5.63.